The predicted octanol–water partition coefficient (Wildman–Crippen LogP) is 4.05. The Kier molecular flexibility index (Phi) is 5.71. The monoisotopic (exact) mass is 366 g/mol. The van der Waals surface area contributed by atoms with Crippen molar-refractivity contribution in [1.82, 2.24) is 0 Å². The van der Waals surface area contributed by atoms with Gasteiger partial charge in [0.2, 0.25) is 10.0 Å². The minimum absolute atomic E-state index is 0.154. The number of primary sulfonamides is 1. The van der Waals surface area contributed by atoms with Crippen molar-refractivity contribution in [2.45, 2.75) is 17.7 Å². The highest BCUT2D eigenvalue weighted by molar-refractivity contribution is 7.89. The second-order valence-electron chi connectivity index (χ2n) is 6.09. The normalized spacial score (nSPS) is 13.0. The SMILES string of the molecule is NS(=O)(=O)c1ccccc1-c1ccccc1.c1ccc2c(c1)CCCN2. The number of nitrogens with two attached hydrogens (primary N) is 1. The van der Waals surface area contributed by atoms with Crippen LogP contribution in [0.3, 0.4) is 0 Å². The summed E-state index contributed by atoms with van der Waals surface area (Å²) in [5, 5.41) is 8.53. The Morgan fingerprint density at radius 2 is 1.46 bits per heavy atom. The second kappa shape index (κ2) is 8.17. The third-order valence-corrected chi connectivity index (χ3v) is 5.20. The van der Waals surface area contributed by atoms with Gasteiger partial charge in [-0.1, -0.05) is 66.7 Å². The molecule has 3 aromatic rings. The first kappa shape index (κ1) is 18.2. The molecular weight excluding hydrogens is 344 g/mol. The van der Waals surface area contributed by atoms with Crippen LogP contribution in [-0.2, 0) is 16.4 Å². The van der Waals surface area contributed by atoms with E-state index in [2.05, 4.69) is 29.6 Å². The quantitative estimate of drug-likeness (QED) is 0.719. The van der Waals surface area contributed by atoms with Gasteiger partial charge in [0.15, 0.2) is 0 Å². The summed E-state index contributed by atoms with van der Waals surface area (Å²) in [5.74, 6) is 0. The van der Waals surface area contributed by atoms with Gasteiger partial charge >= 0.3 is 0 Å². The van der Waals surface area contributed by atoms with Gasteiger partial charge in [-0.2, -0.15) is 0 Å². The van der Waals surface area contributed by atoms with E-state index in [1.165, 1.54) is 30.2 Å². The van der Waals surface area contributed by atoms with E-state index in [-0.39, 0.29) is 4.90 Å². The first-order chi connectivity index (χ1) is 12.6. The second-order valence-corrected chi connectivity index (χ2v) is 7.62. The lowest BCUT2D eigenvalue weighted by atomic mass is 10.0. The largest absolute Gasteiger partial charge is 0.385 e. The van der Waals surface area contributed by atoms with Gasteiger partial charge in [-0.15, -0.1) is 0 Å². The minimum atomic E-state index is -3.68. The first-order valence-electron chi connectivity index (χ1n) is 8.55. The molecule has 0 fully saturated rings. The van der Waals surface area contributed by atoms with Crippen molar-refractivity contribution in [3.8, 4) is 11.1 Å². The number of benzene rings is 3. The summed E-state index contributed by atoms with van der Waals surface area (Å²) in [5.41, 5.74) is 4.26. The summed E-state index contributed by atoms with van der Waals surface area (Å²) in [6.07, 6.45) is 2.51. The molecule has 0 aromatic heterocycles. The third-order valence-electron chi connectivity index (χ3n) is 4.23. The number of anilines is 1. The molecule has 1 heterocycles. The summed E-state index contributed by atoms with van der Waals surface area (Å²) in [6.45, 7) is 1.14. The zero-order valence-corrected chi connectivity index (χ0v) is 15.2. The molecule has 4 nitrogen and oxygen atoms in total. The zero-order valence-electron chi connectivity index (χ0n) is 14.4. The Labute approximate surface area is 154 Å². The summed E-state index contributed by atoms with van der Waals surface area (Å²) in [7, 11) is -3.68. The van der Waals surface area contributed by atoms with Crippen LogP contribution in [0.15, 0.2) is 83.8 Å². The lowest BCUT2D eigenvalue weighted by Crippen LogP contribution is -2.13. The molecule has 0 radical (unpaired) electrons. The molecule has 1 aliphatic heterocycles. The van der Waals surface area contributed by atoms with E-state index >= 15 is 0 Å². The number of rotatable bonds is 2. The Hall–Kier alpha value is -2.63. The number of sulfonamides is 1. The molecule has 26 heavy (non-hydrogen) atoms. The highest BCUT2D eigenvalue weighted by atomic mass is 32.2. The molecule has 4 rings (SSSR count). The van der Waals surface area contributed by atoms with Crippen molar-refractivity contribution in [3.05, 3.63) is 84.4 Å². The number of fused-ring (bicyclic) bond motifs is 1. The van der Waals surface area contributed by atoms with Crippen LogP contribution in [0.1, 0.15) is 12.0 Å². The number of para-hydroxylation sites is 1. The molecule has 3 aromatic carbocycles. The van der Waals surface area contributed by atoms with Crippen LogP contribution in [-0.4, -0.2) is 15.0 Å². The maximum absolute atomic E-state index is 11.4. The molecule has 0 saturated heterocycles. The summed E-state index contributed by atoms with van der Waals surface area (Å²) in [6, 6.07) is 24.5. The number of hydrogen-bond donors (Lipinski definition) is 2. The first-order valence-corrected chi connectivity index (χ1v) is 10.1. The van der Waals surface area contributed by atoms with Crippen LogP contribution in [0, 0.1) is 0 Å². The molecule has 0 bridgehead atoms. The Morgan fingerprint density at radius 3 is 2.19 bits per heavy atom. The van der Waals surface area contributed by atoms with Crippen molar-refractivity contribution in [3.63, 3.8) is 0 Å². The van der Waals surface area contributed by atoms with E-state index in [1.54, 1.807) is 18.2 Å². The smallest absolute Gasteiger partial charge is 0.238 e. The van der Waals surface area contributed by atoms with Crippen LogP contribution in [0.5, 0.6) is 0 Å². The highest BCUT2D eigenvalue weighted by Gasteiger charge is 2.13. The Morgan fingerprint density at radius 1 is 0.808 bits per heavy atom. The van der Waals surface area contributed by atoms with Crippen LogP contribution >= 0.6 is 0 Å². The van der Waals surface area contributed by atoms with E-state index in [9.17, 15) is 8.42 Å². The van der Waals surface area contributed by atoms with Gasteiger partial charge in [0.1, 0.15) is 0 Å². The molecule has 0 aliphatic carbocycles. The van der Waals surface area contributed by atoms with Crippen LogP contribution in [0.25, 0.3) is 11.1 Å². The summed E-state index contributed by atoms with van der Waals surface area (Å²) in [4.78, 5) is 0.154. The molecule has 1 aliphatic rings. The lowest BCUT2D eigenvalue weighted by molar-refractivity contribution is 0.598. The van der Waals surface area contributed by atoms with Crippen molar-refractivity contribution in [1.29, 1.82) is 0 Å². The molecule has 0 spiro atoms. The fraction of sp³-hybridized carbons (Fsp3) is 0.143. The molecule has 3 N–H and O–H groups in total. The number of hydrogen-bond acceptors (Lipinski definition) is 3. The van der Waals surface area contributed by atoms with Crippen LogP contribution < -0.4 is 10.5 Å². The standard InChI is InChI=1S/C12H11NO2S.C9H11N/c13-16(14,15)12-9-5-4-8-11(12)10-6-2-1-3-7-10;1-2-6-9-8(4-1)5-3-7-10-9/h1-9H,(H2,13,14,15);1-2,4,6,10H,3,5,7H2. The van der Waals surface area contributed by atoms with Gasteiger partial charge in [-0.05, 0) is 36.1 Å². The molecular formula is C21H22N2O2S. The van der Waals surface area contributed by atoms with E-state index in [0.717, 1.165) is 12.1 Å². The van der Waals surface area contributed by atoms with Gasteiger partial charge in [-0.3, -0.25) is 0 Å². The fourth-order valence-electron chi connectivity index (χ4n) is 2.98. The highest BCUT2D eigenvalue weighted by Crippen LogP contribution is 2.25. The van der Waals surface area contributed by atoms with Gasteiger partial charge < -0.3 is 5.32 Å². The molecule has 134 valence electrons. The van der Waals surface area contributed by atoms with Crippen molar-refractivity contribution < 1.29 is 8.42 Å². The number of nitrogens with one attached hydrogen (secondary N) is 1. The lowest BCUT2D eigenvalue weighted by Gasteiger charge is -2.16. The van der Waals surface area contributed by atoms with Crippen molar-refractivity contribution >= 4 is 15.7 Å². The van der Waals surface area contributed by atoms with Crippen molar-refractivity contribution in [2.24, 2.45) is 5.14 Å². The van der Waals surface area contributed by atoms with Gasteiger partial charge in [0, 0.05) is 17.8 Å². The van der Waals surface area contributed by atoms with Gasteiger partial charge in [0.25, 0.3) is 0 Å². The maximum Gasteiger partial charge on any atom is 0.238 e. The Bertz CT molecular complexity index is 945. The molecule has 0 atom stereocenters. The van der Waals surface area contributed by atoms with Crippen LogP contribution in [0.2, 0.25) is 0 Å². The molecule has 0 amide bonds. The average Bonchev–Trinajstić information content (AvgIpc) is 2.69. The molecule has 0 unspecified atom stereocenters. The molecule has 0 saturated carbocycles. The van der Waals surface area contributed by atoms with E-state index in [1.807, 2.05) is 30.3 Å². The minimum Gasteiger partial charge on any atom is -0.385 e. The predicted molar refractivity (Wildman–Crippen MR) is 107 cm³/mol. The third kappa shape index (κ3) is 4.50. The van der Waals surface area contributed by atoms with E-state index in [4.69, 9.17) is 5.14 Å². The summed E-state index contributed by atoms with van der Waals surface area (Å²) < 4.78 is 22.8. The van der Waals surface area contributed by atoms with Gasteiger partial charge in [-0.25, -0.2) is 13.6 Å². The number of aryl methyl sites for hydroxylation is 1. The zero-order chi connectivity index (χ0) is 18.4. The topological polar surface area (TPSA) is 72.2 Å². The Balaban J connectivity index is 0.000000167. The van der Waals surface area contributed by atoms with E-state index < -0.39 is 10.0 Å². The van der Waals surface area contributed by atoms with Crippen molar-refractivity contribution in [2.75, 3.05) is 11.9 Å². The fourth-order valence-corrected chi connectivity index (χ4v) is 3.74. The molecule has 5 heteroatoms. The average molecular weight is 366 g/mol. The summed E-state index contributed by atoms with van der Waals surface area (Å²) >= 11 is 0. The van der Waals surface area contributed by atoms with Crippen LogP contribution in [0.4, 0.5) is 5.69 Å². The maximum atomic E-state index is 11.4. The van der Waals surface area contributed by atoms with Gasteiger partial charge in [0.05, 0.1) is 4.90 Å². The van der Waals surface area contributed by atoms with E-state index in [0.29, 0.717) is 5.56 Å².